The zero-order valence-electron chi connectivity index (χ0n) is 13.6. The average Bonchev–Trinajstić information content (AvgIpc) is 3.24. The fourth-order valence-corrected chi connectivity index (χ4v) is 3.21. The highest BCUT2D eigenvalue weighted by atomic mass is 19.1. The number of aryl methyl sites for hydroxylation is 1. The van der Waals surface area contributed by atoms with Crippen molar-refractivity contribution in [3.8, 4) is 0 Å². The van der Waals surface area contributed by atoms with Crippen LogP contribution < -0.4 is 5.32 Å². The van der Waals surface area contributed by atoms with Crippen LogP contribution in [0.25, 0.3) is 0 Å². The molecule has 3 rings (SSSR count). The predicted octanol–water partition coefficient (Wildman–Crippen LogP) is 2.55. The first-order valence-electron chi connectivity index (χ1n) is 8.45. The van der Waals surface area contributed by atoms with Crippen LogP contribution in [0.3, 0.4) is 0 Å². The number of carboxylic acids is 1. The molecule has 0 aromatic heterocycles. The van der Waals surface area contributed by atoms with Crippen LogP contribution in [0.4, 0.5) is 4.39 Å². The van der Waals surface area contributed by atoms with Crippen LogP contribution in [-0.2, 0) is 11.3 Å². The lowest BCUT2D eigenvalue weighted by Gasteiger charge is -2.43. The van der Waals surface area contributed by atoms with Crippen molar-refractivity contribution in [2.24, 2.45) is 5.92 Å². The molecule has 4 nitrogen and oxygen atoms in total. The second-order valence-corrected chi connectivity index (χ2v) is 7.05. The maximum absolute atomic E-state index is 13.5. The van der Waals surface area contributed by atoms with Gasteiger partial charge in [-0.15, -0.1) is 0 Å². The molecule has 2 fully saturated rings. The Balaban J connectivity index is 1.43. The Morgan fingerprint density at radius 2 is 2.13 bits per heavy atom. The molecular weight excluding hydrogens is 295 g/mol. The van der Waals surface area contributed by atoms with E-state index in [9.17, 15) is 9.18 Å². The van der Waals surface area contributed by atoms with Gasteiger partial charge in [0.1, 0.15) is 5.82 Å². The SMILES string of the molecule is Cc1ccc(CNC2CC(N(CC(=O)O)CC3CC3)C2)cc1F. The topological polar surface area (TPSA) is 52.6 Å². The molecule has 0 radical (unpaired) electrons. The fourth-order valence-electron chi connectivity index (χ4n) is 3.21. The summed E-state index contributed by atoms with van der Waals surface area (Å²) in [5.41, 5.74) is 1.62. The fraction of sp³-hybridized carbons (Fsp3) is 0.611. The van der Waals surface area contributed by atoms with Crippen LogP contribution in [-0.4, -0.2) is 41.1 Å². The van der Waals surface area contributed by atoms with Crippen molar-refractivity contribution in [3.63, 3.8) is 0 Å². The molecule has 23 heavy (non-hydrogen) atoms. The van der Waals surface area contributed by atoms with Gasteiger partial charge < -0.3 is 10.4 Å². The van der Waals surface area contributed by atoms with Gasteiger partial charge >= 0.3 is 5.97 Å². The van der Waals surface area contributed by atoms with E-state index in [2.05, 4.69) is 10.2 Å². The molecule has 0 heterocycles. The van der Waals surface area contributed by atoms with Crippen LogP contribution >= 0.6 is 0 Å². The van der Waals surface area contributed by atoms with E-state index < -0.39 is 5.97 Å². The lowest BCUT2D eigenvalue weighted by atomic mass is 9.85. The second-order valence-electron chi connectivity index (χ2n) is 7.05. The molecule has 126 valence electrons. The number of benzene rings is 1. The number of halogens is 1. The first-order chi connectivity index (χ1) is 11.0. The second kappa shape index (κ2) is 6.97. The largest absolute Gasteiger partial charge is 0.480 e. The van der Waals surface area contributed by atoms with Crippen molar-refractivity contribution in [1.29, 1.82) is 0 Å². The molecule has 1 aromatic carbocycles. The molecule has 0 unspecified atom stereocenters. The van der Waals surface area contributed by atoms with E-state index >= 15 is 0 Å². The maximum Gasteiger partial charge on any atom is 0.317 e. The van der Waals surface area contributed by atoms with Crippen LogP contribution in [0.1, 0.15) is 36.8 Å². The molecule has 2 N–H and O–H groups in total. The molecule has 0 aliphatic heterocycles. The highest BCUT2D eigenvalue weighted by Gasteiger charge is 2.36. The van der Waals surface area contributed by atoms with E-state index in [1.165, 1.54) is 12.8 Å². The predicted molar refractivity (Wildman–Crippen MR) is 86.7 cm³/mol. The summed E-state index contributed by atoms with van der Waals surface area (Å²) in [6.45, 7) is 3.50. The molecule has 0 amide bonds. The average molecular weight is 320 g/mol. The van der Waals surface area contributed by atoms with E-state index in [1.807, 2.05) is 6.07 Å². The zero-order chi connectivity index (χ0) is 16.4. The van der Waals surface area contributed by atoms with Crippen molar-refractivity contribution >= 4 is 5.97 Å². The Labute approximate surface area is 136 Å². The molecule has 2 aliphatic carbocycles. The number of nitrogens with zero attached hydrogens (tertiary/aromatic N) is 1. The Hall–Kier alpha value is -1.46. The maximum atomic E-state index is 13.5. The minimum atomic E-state index is -0.739. The van der Waals surface area contributed by atoms with Crippen LogP contribution in [0.2, 0.25) is 0 Å². The zero-order valence-corrected chi connectivity index (χ0v) is 13.6. The summed E-state index contributed by atoms with van der Waals surface area (Å²) in [6, 6.07) is 6.12. The monoisotopic (exact) mass is 320 g/mol. The van der Waals surface area contributed by atoms with Gasteiger partial charge in [0.05, 0.1) is 6.54 Å². The van der Waals surface area contributed by atoms with Crippen LogP contribution in [0, 0.1) is 18.7 Å². The van der Waals surface area contributed by atoms with Gasteiger partial charge in [-0.25, -0.2) is 4.39 Å². The molecular formula is C18H25FN2O2. The first kappa shape index (κ1) is 16.4. The van der Waals surface area contributed by atoms with Gasteiger partial charge in [0, 0.05) is 25.2 Å². The number of aliphatic carboxylic acids is 1. The van der Waals surface area contributed by atoms with Crippen molar-refractivity contribution in [1.82, 2.24) is 10.2 Å². The van der Waals surface area contributed by atoms with Gasteiger partial charge in [-0.3, -0.25) is 9.69 Å². The van der Waals surface area contributed by atoms with Gasteiger partial charge in [0.2, 0.25) is 0 Å². The first-order valence-corrected chi connectivity index (χ1v) is 8.45. The number of carbonyl (C=O) groups is 1. The van der Waals surface area contributed by atoms with Gasteiger partial charge in [0.25, 0.3) is 0 Å². The van der Waals surface area contributed by atoms with Crippen molar-refractivity contribution in [2.75, 3.05) is 13.1 Å². The van der Waals surface area contributed by atoms with E-state index in [4.69, 9.17) is 5.11 Å². The minimum absolute atomic E-state index is 0.150. The standard InChI is InChI=1S/C18H25FN2O2/c1-12-2-3-14(6-17(12)19)9-20-15-7-16(8-15)21(11-18(22)23)10-13-4-5-13/h2-3,6,13,15-16,20H,4-5,7-11H2,1H3,(H,22,23). The number of carboxylic acid groups (broad SMARTS) is 1. The molecule has 2 aliphatic rings. The molecule has 5 heteroatoms. The summed E-state index contributed by atoms with van der Waals surface area (Å²) < 4.78 is 13.5. The third-order valence-electron chi connectivity index (χ3n) is 4.99. The number of hydrogen-bond donors (Lipinski definition) is 2. The van der Waals surface area contributed by atoms with Gasteiger partial charge in [-0.05, 0) is 55.7 Å². The number of hydrogen-bond acceptors (Lipinski definition) is 3. The van der Waals surface area contributed by atoms with E-state index in [1.54, 1.807) is 19.1 Å². The quantitative estimate of drug-likeness (QED) is 0.773. The number of rotatable bonds is 8. The molecule has 1 aromatic rings. The molecule has 0 atom stereocenters. The highest BCUT2D eigenvalue weighted by molar-refractivity contribution is 5.69. The Morgan fingerprint density at radius 3 is 2.74 bits per heavy atom. The summed E-state index contributed by atoms with van der Waals surface area (Å²) in [5.74, 6) is -0.193. The van der Waals surface area contributed by atoms with Crippen LogP contribution in [0.5, 0.6) is 0 Å². The summed E-state index contributed by atoms with van der Waals surface area (Å²) in [4.78, 5) is 13.1. The minimum Gasteiger partial charge on any atom is -0.480 e. The summed E-state index contributed by atoms with van der Waals surface area (Å²) >= 11 is 0. The van der Waals surface area contributed by atoms with Crippen molar-refractivity contribution in [3.05, 3.63) is 35.1 Å². The smallest absolute Gasteiger partial charge is 0.317 e. The summed E-state index contributed by atoms with van der Waals surface area (Å²) in [5, 5.41) is 12.5. The molecule has 2 saturated carbocycles. The lowest BCUT2D eigenvalue weighted by molar-refractivity contribution is -0.139. The van der Waals surface area contributed by atoms with Crippen LogP contribution in [0.15, 0.2) is 18.2 Å². The van der Waals surface area contributed by atoms with E-state index in [-0.39, 0.29) is 12.4 Å². The van der Waals surface area contributed by atoms with Gasteiger partial charge in [-0.2, -0.15) is 0 Å². The third kappa shape index (κ3) is 4.52. The van der Waals surface area contributed by atoms with Gasteiger partial charge in [-0.1, -0.05) is 12.1 Å². The van der Waals surface area contributed by atoms with Gasteiger partial charge in [0.15, 0.2) is 0 Å². The molecule has 0 bridgehead atoms. The Morgan fingerprint density at radius 1 is 1.39 bits per heavy atom. The van der Waals surface area contributed by atoms with E-state index in [0.717, 1.165) is 24.9 Å². The van der Waals surface area contributed by atoms with Crippen molar-refractivity contribution in [2.45, 2.75) is 51.2 Å². The van der Waals surface area contributed by atoms with Crippen molar-refractivity contribution < 1.29 is 14.3 Å². The third-order valence-corrected chi connectivity index (χ3v) is 4.99. The number of nitrogens with one attached hydrogen (secondary N) is 1. The summed E-state index contributed by atoms with van der Waals surface area (Å²) in [6.07, 6.45) is 4.44. The molecule has 0 spiro atoms. The Kier molecular flexibility index (Phi) is 4.97. The van der Waals surface area contributed by atoms with E-state index in [0.29, 0.717) is 30.1 Å². The summed E-state index contributed by atoms with van der Waals surface area (Å²) in [7, 11) is 0. The lowest BCUT2D eigenvalue weighted by Crippen LogP contribution is -2.54. The highest BCUT2D eigenvalue weighted by Crippen LogP contribution is 2.33. The Bertz CT molecular complexity index is 568. The normalized spacial score (nSPS) is 23.8. The molecule has 0 saturated heterocycles.